The second kappa shape index (κ2) is 5.85. The lowest BCUT2D eigenvalue weighted by atomic mass is 10.2. The van der Waals surface area contributed by atoms with Gasteiger partial charge in [-0.1, -0.05) is 30.3 Å². The highest BCUT2D eigenvalue weighted by Crippen LogP contribution is 2.17. The average molecular weight is 289 g/mol. The van der Waals surface area contributed by atoms with Gasteiger partial charge >= 0.3 is 0 Å². The Bertz CT molecular complexity index is 708. The number of hydrazine groups is 1. The molecule has 3 N–H and O–H groups in total. The molecule has 0 saturated heterocycles. The van der Waals surface area contributed by atoms with E-state index in [4.69, 9.17) is 5.84 Å². The maximum atomic E-state index is 11.4. The molecule has 0 spiro atoms. The number of sulfone groups is 1. The number of nitrogens with one attached hydrogen (secondary N) is 1. The van der Waals surface area contributed by atoms with Gasteiger partial charge < -0.3 is 5.43 Å². The van der Waals surface area contributed by atoms with E-state index < -0.39 is 9.84 Å². The lowest BCUT2D eigenvalue weighted by Crippen LogP contribution is -2.30. The van der Waals surface area contributed by atoms with Crippen molar-refractivity contribution < 1.29 is 8.42 Å². The largest absolute Gasteiger partial charge is 0.308 e. The SMILES string of the molecule is CS(=O)(=O)c1ccc(N=C(NN)c2ccccc2)cc1. The molecule has 0 aliphatic heterocycles. The van der Waals surface area contributed by atoms with E-state index in [1.807, 2.05) is 30.3 Å². The molecular formula is C14H15N3O2S. The van der Waals surface area contributed by atoms with Crippen LogP contribution in [0.4, 0.5) is 5.69 Å². The molecular weight excluding hydrogens is 274 g/mol. The van der Waals surface area contributed by atoms with Crippen LogP contribution in [0.25, 0.3) is 0 Å². The second-order valence-electron chi connectivity index (χ2n) is 4.24. The summed E-state index contributed by atoms with van der Waals surface area (Å²) in [5.74, 6) is 5.99. The van der Waals surface area contributed by atoms with E-state index in [1.54, 1.807) is 12.1 Å². The van der Waals surface area contributed by atoms with Gasteiger partial charge in [-0.05, 0) is 24.3 Å². The van der Waals surface area contributed by atoms with Crippen molar-refractivity contribution in [1.82, 2.24) is 5.43 Å². The van der Waals surface area contributed by atoms with E-state index >= 15 is 0 Å². The van der Waals surface area contributed by atoms with Crippen molar-refractivity contribution in [3.05, 3.63) is 60.2 Å². The zero-order chi connectivity index (χ0) is 14.6. The summed E-state index contributed by atoms with van der Waals surface area (Å²) in [4.78, 5) is 4.62. The Morgan fingerprint density at radius 3 is 2.15 bits per heavy atom. The summed E-state index contributed by atoms with van der Waals surface area (Å²) in [7, 11) is -3.19. The number of hydrogen-bond donors (Lipinski definition) is 2. The topological polar surface area (TPSA) is 84.5 Å². The maximum Gasteiger partial charge on any atom is 0.175 e. The normalized spacial score (nSPS) is 12.2. The van der Waals surface area contributed by atoms with Crippen molar-refractivity contribution in [2.45, 2.75) is 4.90 Å². The fourth-order valence-corrected chi connectivity index (χ4v) is 2.30. The minimum atomic E-state index is -3.19. The Kier molecular flexibility index (Phi) is 4.16. The fourth-order valence-electron chi connectivity index (χ4n) is 1.67. The average Bonchev–Trinajstić information content (AvgIpc) is 2.45. The highest BCUT2D eigenvalue weighted by Gasteiger charge is 2.06. The van der Waals surface area contributed by atoms with Crippen LogP contribution in [0.1, 0.15) is 5.56 Å². The first-order valence-electron chi connectivity index (χ1n) is 5.91. The zero-order valence-electron chi connectivity index (χ0n) is 10.9. The van der Waals surface area contributed by atoms with Crippen molar-refractivity contribution in [2.24, 2.45) is 10.8 Å². The number of benzene rings is 2. The van der Waals surface area contributed by atoms with Gasteiger partial charge in [-0.15, -0.1) is 0 Å². The number of hydrogen-bond acceptors (Lipinski definition) is 4. The van der Waals surface area contributed by atoms with Crippen LogP contribution in [-0.2, 0) is 9.84 Å². The van der Waals surface area contributed by atoms with E-state index in [2.05, 4.69) is 10.4 Å². The third kappa shape index (κ3) is 3.43. The smallest absolute Gasteiger partial charge is 0.175 e. The first-order chi connectivity index (χ1) is 9.50. The molecule has 0 radical (unpaired) electrons. The standard InChI is InChI=1S/C14H15N3O2S/c1-20(18,19)13-9-7-12(8-10-13)16-14(17-15)11-5-3-2-4-6-11/h2-10H,15H2,1H3,(H,16,17). The Labute approximate surface area is 118 Å². The van der Waals surface area contributed by atoms with E-state index in [-0.39, 0.29) is 4.90 Å². The Hall–Kier alpha value is -2.18. The second-order valence-corrected chi connectivity index (χ2v) is 6.25. The summed E-state index contributed by atoms with van der Waals surface area (Å²) in [6.07, 6.45) is 1.17. The van der Waals surface area contributed by atoms with Gasteiger partial charge in [-0.25, -0.2) is 19.3 Å². The first-order valence-corrected chi connectivity index (χ1v) is 7.81. The molecule has 2 aromatic rings. The van der Waals surface area contributed by atoms with Gasteiger partial charge in [0.05, 0.1) is 10.6 Å². The Balaban J connectivity index is 2.34. The summed E-state index contributed by atoms with van der Waals surface area (Å²) in [5, 5.41) is 0. The third-order valence-electron chi connectivity index (χ3n) is 2.69. The molecule has 0 saturated carbocycles. The molecule has 0 atom stereocenters. The minimum Gasteiger partial charge on any atom is -0.308 e. The van der Waals surface area contributed by atoms with E-state index in [9.17, 15) is 8.42 Å². The van der Waals surface area contributed by atoms with Crippen molar-refractivity contribution in [2.75, 3.05) is 6.26 Å². The molecule has 0 aliphatic carbocycles. The van der Waals surface area contributed by atoms with Crippen molar-refractivity contribution in [1.29, 1.82) is 0 Å². The van der Waals surface area contributed by atoms with Gasteiger partial charge in [0.2, 0.25) is 0 Å². The van der Waals surface area contributed by atoms with Crippen molar-refractivity contribution in [3.63, 3.8) is 0 Å². The van der Waals surface area contributed by atoms with Gasteiger partial charge in [0.1, 0.15) is 5.84 Å². The molecule has 2 rings (SSSR count). The highest BCUT2D eigenvalue weighted by atomic mass is 32.2. The minimum absolute atomic E-state index is 0.262. The lowest BCUT2D eigenvalue weighted by Gasteiger charge is -2.06. The van der Waals surface area contributed by atoms with Crippen molar-refractivity contribution >= 4 is 21.4 Å². The number of rotatable bonds is 3. The number of nitrogens with zero attached hydrogens (tertiary/aromatic N) is 1. The molecule has 0 heterocycles. The summed E-state index contributed by atoms with van der Waals surface area (Å²) in [6.45, 7) is 0. The molecule has 0 aliphatic rings. The van der Waals surface area contributed by atoms with Gasteiger partial charge in [0.15, 0.2) is 9.84 Å². The molecule has 6 heteroatoms. The van der Waals surface area contributed by atoms with Gasteiger partial charge in [0, 0.05) is 11.8 Å². The molecule has 5 nitrogen and oxygen atoms in total. The highest BCUT2D eigenvalue weighted by molar-refractivity contribution is 7.90. The van der Waals surface area contributed by atoms with Gasteiger partial charge in [0.25, 0.3) is 0 Å². The maximum absolute atomic E-state index is 11.4. The predicted molar refractivity (Wildman–Crippen MR) is 79.5 cm³/mol. The molecule has 2 aromatic carbocycles. The molecule has 0 unspecified atom stereocenters. The monoisotopic (exact) mass is 289 g/mol. The van der Waals surface area contributed by atoms with Crippen LogP contribution >= 0.6 is 0 Å². The predicted octanol–water partition coefficient (Wildman–Crippen LogP) is 1.63. The number of aliphatic imine (C=N–C) groups is 1. The summed E-state index contributed by atoms with van der Waals surface area (Å²) in [5.41, 5.74) is 4.01. The number of nitrogens with two attached hydrogens (primary N) is 1. The molecule has 0 fully saturated rings. The van der Waals surface area contributed by atoms with Gasteiger partial charge in [-0.2, -0.15) is 0 Å². The lowest BCUT2D eigenvalue weighted by molar-refractivity contribution is 0.602. The summed E-state index contributed by atoms with van der Waals surface area (Å²) >= 11 is 0. The fraction of sp³-hybridized carbons (Fsp3) is 0.0714. The molecule has 20 heavy (non-hydrogen) atoms. The van der Waals surface area contributed by atoms with E-state index in [0.29, 0.717) is 11.5 Å². The van der Waals surface area contributed by atoms with Crippen LogP contribution in [0.5, 0.6) is 0 Å². The van der Waals surface area contributed by atoms with Crippen LogP contribution in [0.2, 0.25) is 0 Å². The first kappa shape index (κ1) is 14.2. The quantitative estimate of drug-likeness (QED) is 0.389. The molecule has 104 valence electrons. The molecule has 0 aromatic heterocycles. The van der Waals surface area contributed by atoms with Crippen LogP contribution < -0.4 is 11.3 Å². The van der Waals surface area contributed by atoms with Crippen molar-refractivity contribution in [3.8, 4) is 0 Å². The zero-order valence-corrected chi connectivity index (χ0v) is 11.8. The third-order valence-corrected chi connectivity index (χ3v) is 3.82. The van der Waals surface area contributed by atoms with E-state index in [1.165, 1.54) is 18.4 Å². The number of amidine groups is 1. The summed E-state index contributed by atoms with van der Waals surface area (Å²) in [6, 6.07) is 15.7. The van der Waals surface area contributed by atoms with Crippen LogP contribution in [0.3, 0.4) is 0 Å². The Morgan fingerprint density at radius 1 is 1.05 bits per heavy atom. The van der Waals surface area contributed by atoms with Gasteiger partial charge in [-0.3, -0.25) is 0 Å². The van der Waals surface area contributed by atoms with Crippen LogP contribution in [-0.4, -0.2) is 20.5 Å². The summed E-state index contributed by atoms with van der Waals surface area (Å²) < 4.78 is 22.8. The molecule has 0 amide bonds. The van der Waals surface area contributed by atoms with E-state index in [0.717, 1.165) is 5.56 Å². The Morgan fingerprint density at radius 2 is 1.65 bits per heavy atom. The van der Waals surface area contributed by atoms with Crippen LogP contribution in [0, 0.1) is 0 Å². The molecule has 0 bridgehead atoms. The van der Waals surface area contributed by atoms with Crippen LogP contribution in [0.15, 0.2) is 64.5 Å².